The fraction of sp³-hybridized carbons (Fsp3) is 0.0222. The maximum absolute atomic E-state index is 6.68. The zero-order valence-corrected chi connectivity index (χ0v) is 24.9. The van der Waals surface area contributed by atoms with Crippen LogP contribution in [0.2, 0.25) is 0 Å². The van der Waals surface area contributed by atoms with Gasteiger partial charge in [0.25, 0.3) is 0 Å². The minimum atomic E-state index is -0.470. The molecule has 1 nitrogen and oxygen atoms in total. The van der Waals surface area contributed by atoms with Crippen LogP contribution >= 0.6 is 0 Å². The van der Waals surface area contributed by atoms with E-state index in [-0.39, 0.29) is 0 Å². The number of rotatable bonds is 1. The molecule has 0 aromatic heterocycles. The first-order valence-corrected chi connectivity index (χ1v) is 16.0. The highest BCUT2D eigenvalue weighted by Crippen LogP contribution is 2.63. The van der Waals surface area contributed by atoms with E-state index in [0.29, 0.717) is 0 Å². The Kier molecular flexibility index (Phi) is 4.57. The summed E-state index contributed by atoms with van der Waals surface area (Å²) in [7, 11) is 0. The predicted molar refractivity (Wildman–Crippen MR) is 189 cm³/mol. The van der Waals surface area contributed by atoms with E-state index in [2.05, 4.69) is 158 Å². The van der Waals surface area contributed by atoms with E-state index in [1.54, 1.807) is 0 Å². The molecule has 1 heteroatoms. The van der Waals surface area contributed by atoms with Crippen molar-refractivity contribution in [3.8, 4) is 56.0 Å². The highest BCUT2D eigenvalue weighted by atomic mass is 16.5. The van der Waals surface area contributed by atoms with E-state index in [0.717, 1.165) is 22.6 Å². The van der Waals surface area contributed by atoms with Gasteiger partial charge in [0.15, 0.2) is 0 Å². The van der Waals surface area contributed by atoms with Gasteiger partial charge in [-0.3, -0.25) is 0 Å². The predicted octanol–water partition coefficient (Wildman–Crippen LogP) is 11.8. The van der Waals surface area contributed by atoms with Gasteiger partial charge in [-0.1, -0.05) is 140 Å². The molecule has 0 saturated heterocycles. The van der Waals surface area contributed by atoms with Crippen molar-refractivity contribution in [2.75, 3.05) is 0 Å². The Balaban J connectivity index is 1.25. The second-order valence-electron chi connectivity index (χ2n) is 12.8. The topological polar surface area (TPSA) is 9.23 Å². The van der Waals surface area contributed by atoms with Crippen LogP contribution in [-0.4, -0.2) is 0 Å². The zero-order chi connectivity index (χ0) is 30.0. The second kappa shape index (κ2) is 8.62. The Labute approximate surface area is 267 Å². The molecule has 46 heavy (non-hydrogen) atoms. The molecule has 2 aliphatic carbocycles. The van der Waals surface area contributed by atoms with Gasteiger partial charge in [0.05, 0.1) is 5.41 Å². The lowest BCUT2D eigenvalue weighted by atomic mass is 9.60. The molecule has 1 atom stereocenters. The highest BCUT2D eigenvalue weighted by Gasteiger charge is 2.51. The van der Waals surface area contributed by atoms with Crippen molar-refractivity contribution < 1.29 is 4.74 Å². The van der Waals surface area contributed by atoms with Gasteiger partial charge >= 0.3 is 0 Å². The molecule has 1 aliphatic heterocycles. The molecule has 8 aromatic rings. The van der Waals surface area contributed by atoms with E-state index >= 15 is 0 Å². The summed E-state index contributed by atoms with van der Waals surface area (Å²) in [6.07, 6.45) is 0. The Hall–Kier alpha value is -5.92. The molecule has 1 unspecified atom stereocenters. The van der Waals surface area contributed by atoms with Gasteiger partial charge in [0, 0.05) is 10.9 Å². The van der Waals surface area contributed by atoms with Crippen LogP contribution in [0.15, 0.2) is 158 Å². The molecular formula is C45H26O. The van der Waals surface area contributed by atoms with Crippen LogP contribution in [-0.2, 0) is 5.41 Å². The summed E-state index contributed by atoms with van der Waals surface area (Å²) in [5.74, 6) is 1.83. The molecule has 0 saturated carbocycles. The van der Waals surface area contributed by atoms with Crippen LogP contribution in [0.4, 0.5) is 0 Å². The highest BCUT2D eigenvalue weighted by molar-refractivity contribution is 6.08. The number of benzene rings is 8. The van der Waals surface area contributed by atoms with Crippen molar-refractivity contribution in [3.05, 3.63) is 180 Å². The first-order valence-electron chi connectivity index (χ1n) is 16.0. The van der Waals surface area contributed by atoms with Crippen molar-refractivity contribution in [3.63, 3.8) is 0 Å². The monoisotopic (exact) mass is 582 g/mol. The molecule has 11 rings (SSSR count). The van der Waals surface area contributed by atoms with Gasteiger partial charge in [0.1, 0.15) is 11.5 Å². The summed E-state index contributed by atoms with van der Waals surface area (Å²) < 4.78 is 6.68. The molecule has 0 bridgehead atoms. The van der Waals surface area contributed by atoms with Gasteiger partial charge in [0.2, 0.25) is 0 Å². The Morgan fingerprint density at radius 1 is 0.348 bits per heavy atom. The molecule has 212 valence electrons. The normalized spacial score (nSPS) is 16.1. The van der Waals surface area contributed by atoms with Crippen LogP contribution in [0.5, 0.6) is 11.5 Å². The number of hydrogen-bond acceptors (Lipinski definition) is 1. The summed E-state index contributed by atoms with van der Waals surface area (Å²) in [6, 6.07) is 58.3. The average molecular weight is 583 g/mol. The maximum Gasteiger partial charge on any atom is 0.135 e. The van der Waals surface area contributed by atoms with Gasteiger partial charge in [-0.15, -0.1) is 0 Å². The summed E-state index contributed by atoms with van der Waals surface area (Å²) in [4.78, 5) is 0. The minimum Gasteiger partial charge on any atom is -0.456 e. The van der Waals surface area contributed by atoms with Gasteiger partial charge in [-0.2, -0.15) is 0 Å². The van der Waals surface area contributed by atoms with Crippen LogP contribution in [0.3, 0.4) is 0 Å². The molecule has 0 radical (unpaired) electrons. The first-order chi connectivity index (χ1) is 22.8. The van der Waals surface area contributed by atoms with Crippen molar-refractivity contribution >= 4 is 21.5 Å². The summed E-state index contributed by atoms with van der Waals surface area (Å²) >= 11 is 0. The summed E-state index contributed by atoms with van der Waals surface area (Å²) in [5, 5.41) is 5.02. The lowest BCUT2D eigenvalue weighted by Gasteiger charge is -2.41. The number of fused-ring (bicyclic) bond motifs is 11. The van der Waals surface area contributed by atoms with Crippen LogP contribution in [0, 0.1) is 0 Å². The summed E-state index contributed by atoms with van der Waals surface area (Å²) in [6.45, 7) is 0. The molecule has 3 aliphatic rings. The Morgan fingerprint density at radius 2 is 0.891 bits per heavy atom. The molecular weight excluding hydrogens is 556 g/mol. The van der Waals surface area contributed by atoms with Crippen molar-refractivity contribution in [2.45, 2.75) is 5.41 Å². The number of hydrogen-bond donors (Lipinski definition) is 0. The fourth-order valence-electron chi connectivity index (χ4n) is 8.96. The van der Waals surface area contributed by atoms with Crippen LogP contribution in [0.1, 0.15) is 22.3 Å². The fourth-order valence-corrected chi connectivity index (χ4v) is 8.96. The SMILES string of the molecule is c1ccc2c(c1)-c1cccc(-c3ccc4c(c3)Oc3cccc5cccc-4c35)c1C21c2ccccc2-c2cccc3cccc1c23. The minimum absolute atomic E-state index is 0.470. The molecule has 0 N–H and O–H groups in total. The van der Waals surface area contributed by atoms with Crippen LogP contribution < -0.4 is 4.74 Å². The molecule has 0 fully saturated rings. The lowest BCUT2D eigenvalue weighted by Crippen LogP contribution is -2.32. The van der Waals surface area contributed by atoms with E-state index in [1.165, 1.54) is 77.2 Å². The Morgan fingerprint density at radius 3 is 1.67 bits per heavy atom. The number of ether oxygens (including phenoxy) is 1. The Bertz CT molecular complexity index is 2610. The summed E-state index contributed by atoms with van der Waals surface area (Å²) in [5.41, 5.74) is 14.9. The van der Waals surface area contributed by atoms with Crippen molar-refractivity contribution in [1.29, 1.82) is 0 Å². The third kappa shape index (κ3) is 2.87. The molecule has 1 heterocycles. The standard InChI is InChI=1S/C45H26O/c1-3-20-37-31(14-1)34-17-5-10-27-12-7-22-39(42(27)34)45(37)38-21-4-2-15-32(38)36-19-9-16-30(44(36)45)29-24-25-33-35-18-6-11-28-13-8-23-40(43(28)35)46-41(33)26-29/h1-26H. The van der Waals surface area contributed by atoms with Crippen LogP contribution in [0.25, 0.3) is 66.1 Å². The van der Waals surface area contributed by atoms with E-state index in [4.69, 9.17) is 4.74 Å². The average Bonchev–Trinajstić information content (AvgIpc) is 3.42. The molecule has 1 spiro atoms. The largest absolute Gasteiger partial charge is 0.456 e. The van der Waals surface area contributed by atoms with Crippen molar-refractivity contribution in [1.82, 2.24) is 0 Å². The third-order valence-electron chi connectivity index (χ3n) is 10.7. The van der Waals surface area contributed by atoms with E-state index in [9.17, 15) is 0 Å². The van der Waals surface area contributed by atoms with Gasteiger partial charge in [-0.25, -0.2) is 0 Å². The van der Waals surface area contributed by atoms with E-state index < -0.39 is 5.41 Å². The van der Waals surface area contributed by atoms with Gasteiger partial charge < -0.3 is 4.74 Å². The molecule has 0 amide bonds. The molecule has 8 aromatic carbocycles. The zero-order valence-electron chi connectivity index (χ0n) is 24.9. The van der Waals surface area contributed by atoms with Gasteiger partial charge in [-0.05, 0) is 95.6 Å². The second-order valence-corrected chi connectivity index (χ2v) is 12.8. The smallest absolute Gasteiger partial charge is 0.135 e. The third-order valence-corrected chi connectivity index (χ3v) is 10.7. The maximum atomic E-state index is 6.68. The quantitative estimate of drug-likeness (QED) is 0.187. The lowest BCUT2D eigenvalue weighted by molar-refractivity contribution is 0.487. The van der Waals surface area contributed by atoms with Crippen molar-refractivity contribution in [2.24, 2.45) is 0 Å². The van der Waals surface area contributed by atoms with E-state index in [1.807, 2.05) is 0 Å². The first kappa shape index (κ1) is 24.4.